The summed E-state index contributed by atoms with van der Waals surface area (Å²) in [5.74, 6) is -0.219. The van der Waals surface area contributed by atoms with Crippen LogP contribution in [0.5, 0.6) is 0 Å². The Morgan fingerprint density at radius 3 is 2.55 bits per heavy atom. The maximum Gasteiger partial charge on any atom is 0.123 e. The highest BCUT2D eigenvalue weighted by molar-refractivity contribution is 5.53. The second-order valence-corrected chi connectivity index (χ2v) is 6.44. The number of aliphatic hydroxyl groups excluding tert-OH is 1. The van der Waals surface area contributed by atoms with Crippen LogP contribution in [-0.2, 0) is 6.54 Å². The van der Waals surface area contributed by atoms with Crippen LogP contribution in [-0.4, -0.2) is 30.3 Å². The van der Waals surface area contributed by atoms with Gasteiger partial charge in [0.2, 0.25) is 0 Å². The van der Waals surface area contributed by atoms with Gasteiger partial charge in [-0.3, -0.25) is 0 Å². The summed E-state index contributed by atoms with van der Waals surface area (Å²) >= 11 is 0. The van der Waals surface area contributed by atoms with Crippen molar-refractivity contribution in [2.75, 3.05) is 18.5 Å². The van der Waals surface area contributed by atoms with Gasteiger partial charge in [0, 0.05) is 31.4 Å². The molecule has 0 amide bonds. The predicted molar refractivity (Wildman–Crippen MR) is 82.6 cm³/mol. The van der Waals surface area contributed by atoms with Crippen molar-refractivity contribution in [1.29, 1.82) is 0 Å². The number of anilines is 1. The van der Waals surface area contributed by atoms with Gasteiger partial charge in [-0.15, -0.1) is 0 Å². The average molecular weight is 282 g/mol. The molecule has 0 spiro atoms. The van der Waals surface area contributed by atoms with Gasteiger partial charge in [0.05, 0.1) is 6.10 Å². The first-order valence-electron chi connectivity index (χ1n) is 7.11. The highest BCUT2D eigenvalue weighted by atomic mass is 19.1. The van der Waals surface area contributed by atoms with E-state index in [0.29, 0.717) is 13.0 Å². The van der Waals surface area contributed by atoms with E-state index in [1.807, 2.05) is 7.05 Å². The van der Waals surface area contributed by atoms with E-state index < -0.39 is 0 Å². The second kappa shape index (κ2) is 7.04. The van der Waals surface area contributed by atoms with Gasteiger partial charge >= 0.3 is 0 Å². The van der Waals surface area contributed by atoms with Crippen LogP contribution in [0.15, 0.2) is 18.2 Å². The third-order valence-corrected chi connectivity index (χ3v) is 3.14. The Hall–Kier alpha value is -1.13. The molecule has 0 aliphatic rings. The number of hydrogen-bond acceptors (Lipinski definition) is 3. The third-order valence-electron chi connectivity index (χ3n) is 3.14. The van der Waals surface area contributed by atoms with Gasteiger partial charge in [0.15, 0.2) is 0 Å². The number of rotatable bonds is 6. The monoisotopic (exact) mass is 282 g/mol. The van der Waals surface area contributed by atoms with E-state index in [2.05, 4.69) is 31.0 Å². The molecule has 0 aromatic heterocycles. The number of benzene rings is 1. The van der Waals surface area contributed by atoms with Crippen LogP contribution in [0.25, 0.3) is 0 Å². The summed E-state index contributed by atoms with van der Waals surface area (Å²) in [7, 11) is 1.97. The van der Waals surface area contributed by atoms with Gasteiger partial charge in [-0.05, 0) is 57.9 Å². The molecule has 0 bridgehead atoms. The van der Waals surface area contributed by atoms with Gasteiger partial charge in [0.25, 0.3) is 0 Å². The number of halogens is 1. The normalized spacial score (nSPS) is 13.3. The Labute approximate surface area is 121 Å². The van der Waals surface area contributed by atoms with Crippen molar-refractivity contribution < 1.29 is 9.50 Å². The van der Waals surface area contributed by atoms with E-state index in [1.165, 1.54) is 6.07 Å². The van der Waals surface area contributed by atoms with Gasteiger partial charge in [-0.1, -0.05) is 0 Å². The summed E-state index contributed by atoms with van der Waals surface area (Å²) < 4.78 is 13.5. The zero-order valence-corrected chi connectivity index (χ0v) is 13.2. The Morgan fingerprint density at radius 1 is 1.35 bits per heavy atom. The van der Waals surface area contributed by atoms with Gasteiger partial charge in [-0.25, -0.2) is 4.39 Å². The molecule has 2 N–H and O–H groups in total. The maximum atomic E-state index is 13.5. The Kier molecular flexibility index (Phi) is 5.96. The van der Waals surface area contributed by atoms with Crippen molar-refractivity contribution in [3.05, 3.63) is 29.6 Å². The molecule has 1 aromatic rings. The molecule has 114 valence electrons. The molecular weight excluding hydrogens is 255 g/mol. The first kappa shape index (κ1) is 16.9. The van der Waals surface area contributed by atoms with Crippen LogP contribution in [0.2, 0.25) is 0 Å². The van der Waals surface area contributed by atoms with Crippen LogP contribution in [0.1, 0.15) is 39.7 Å². The van der Waals surface area contributed by atoms with E-state index >= 15 is 0 Å². The summed E-state index contributed by atoms with van der Waals surface area (Å²) in [5, 5.41) is 12.8. The Morgan fingerprint density at radius 2 is 2.00 bits per heavy atom. The third kappa shape index (κ3) is 5.88. The summed E-state index contributed by atoms with van der Waals surface area (Å²) in [5.41, 5.74) is 1.93. The molecule has 20 heavy (non-hydrogen) atoms. The summed E-state index contributed by atoms with van der Waals surface area (Å²) in [6.07, 6.45) is 0.370. The fraction of sp³-hybridized carbons (Fsp3) is 0.625. The predicted octanol–water partition coefficient (Wildman–Crippen LogP) is 2.92. The van der Waals surface area contributed by atoms with Crippen molar-refractivity contribution in [2.45, 2.75) is 52.3 Å². The van der Waals surface area contributed by atoms with Gasteiger partial charge in [-0.2, -0.15) is 0 Å². The Balaban J connectivity index is 2.83. The van der Waals surface area contributed by atoms with Crippen LogP contribution in [0.4, 0.5) is 10.1 Å². The van der Waals surface area contributed by atoms with Gasteiger partial charge in [0.1, 0.15) is 5.82 Å². The molecule has 0 heterocycles. The molecule has 3 nitrogen and oxygen atoms in total. The van der Waals surface area contributed by atoms with Crippen LogP contribution in [0.3, 0.4) is 0 Å². The molecule has 0 saturated heterocycles. The van der Waals surface area contributed by atoms with E-state index in [1.54, 1.807) is 19.1 Å². The highest BCUT2D eigenvalue weighted by Gasteiger charge is 2.13. The molecule has 1 rings (SSSR count). The fourth-order valence-electron chi connectivity index (χ4n) is 1.93. The minimum atomic E-state index is -0.325. The van der Waals surface area contributed by atoms with Crippen molar-refractivity contribution in [1.82, 2.24) is 5.32 Å². The molecule has 4 heteroatoms. The smallest absolute Gasteiger partial charge is 0.123 e. The molecule has 0 aliphatic carbocycles. The SMILES string of the molecule is CC(O)CCN(C)c1ccc(F)cc1CNC(C)(C)C. The van der Waals surface area contributed by atoms with Crippen LogP contribution < -0.4 is 10.2 Å². The van der Waals surface area contributed by atoms with E-state index in [4.69, 9.17) is 0 Å². The quantitative estimate of drug-likeness (QED) is 0.842. The summed E-state index contributed by atoms with van der Waals surface area (Å²) in [4.78, 5) is 2.06. The fourth-order valence-corrected chi connectivity index (χ4v) is 1.93. The minimum absolute atomic E-state index is 0.0121. The first-order chi connectivity index (χ1) is 9.19. The standard InChI is InChI=1S/C16H27FN2O/c1-12(20)8-9-19(5)15-7-6-14(17)10-13(15)11-18-16(2,3)4/h6-7,10,12,18,20H,8-9,11H2,1-5H3. The summed E-state index contributed by atoms with van der Waals surface area (Å²) in [6.45, 7) is 9.40. The molecule has 1 aromatic carbocycles. The van der Waals surface area contributed by atoms with E-state index in [0.717, 1.165) is 17.8 Å². The number of nitrogens with one attached hydrogen (secondary N) is 1. The largest absolute Gasteiger partial charge is 0.393 e. The molecule has 0 fully saturated rings. The maximum absolute atomic E-state index is 13.5. The lowest BCUT2D eigenvalue weighted by molar-refractivity contribution is 0.187. The van der Waals surface area contributed by atoms with E-state index in [9.17, 15) is 9.50 Å². The number of nitrogens with zero attached hydrogens (tertiary/aromatic N) is 1. The van der Waals surface area contributed by atoms with Crippen molar-refractivity contribution in [3.63, 3.8) is 0 Å². The van der Waals surface area contributed by atoms with Crippen molar-refractivity contribution >= 4 is 5.69 Å². The van der Waals surface area contributed by atoms with Crippen molar-refractivity contribution in [3.8, 4) is 0 Å². The minimum Gasteiger partial charge on any atom is -0.393 e. The first-order valence-corrected chi connectivity index (χ1v) is 7.11. The van der Waals surface area contributed by atoms with E-state index in [-0.39, 0.29) is 17.5 Å². The number of hydrogen-bond donors (Lipinski definition) is 2. The molecule has 0 saturated carbocycles. The van der Waals surface area contributed by atoms with Crippen molar-refractivity contribution in [2.24, 2.45) is 0 Å². The molecule has 1 atom stereocenters. The zero-order chi connectivity index (χ0) is 15.3. The van der Waals surface area contributed by atoms with Crippen LogP contribution in [0, 0.1) is 5.82 Å². The Bertz CT molecular complexity index is 427. The zero-order valence-electron chi connectivity index (χ0n) is 13.2. The molecule has 0 aliphatic heterocycles. The lowest BCUT2D eigenvalue weighted by atomic mass is 10.1. The lowest BCUT2D eigenvalue weighted by Crippen LogP contribution is -2.35. The van der Waals surface area contributed by atoms with Gasteiger partial charge < -0.3 is 15.3 Å². The molecular formula is C16H27FN2O. The molecule has 0 radical (unpaired) electrons. The molecule has 1 unspecified atom stereocenters. The lowest BCUT2D eigenvalue weighted by Gasteiger charge is -2.26. The highest BCUT2D eigenvalue weighted by Crippen LogP contribution is 2.22. The van der Waals surface area contributed by atoms with Crippen LogP contribution >= 0.6 is 0 Å². The second-order valence-electron chi connectivity index (χ2n) is 6.44. The number of aliphatic hydroxyl groups is 1. The summed E-state index contributed by atoms with van der Waals surface area (Å²) in [6, 6.07) is 4.86. The topological polar surface area (TPSA) is 35.5 Å². The average Bonchev–Trinajstić information content (AvgIpc) is 2.32.